The quantitative estimate of drug-likeness (QED) is 0.920. The molecule has 2 aromatic rings. The molecule has 5 nitrogen and oxygen atoms in total. The van der Waals surface area contributed by atoms with Crippen LogP contribution in [0, 0.1) is 5.82 Å². The Morgan fingerprint density at radius 2 is 2.21 bits per heavy atom. The van der Waals surface area contributed by atoms with Gasteiger partial charge < -0.3 is 9.84 Å². The number of hydrogen-bond acceptors (Lipinski definition) is 3. The second-order valence-electron chi connectivity index (χ2n) is 3.92. The SMILES string of the molecule is CCOc1ccc(-c2cc(C(=O)O)nn2C)c(F)c1. The fourth-order valence-electron chi connectivity index (χ4n) is 1.78. The molecule has 0 aliphatic rings. The molecule has 100 valence electrons. The van der Waals surface area contributed by atoms with Crippen molar-refractivity contribution in [3.8, 4) is 17.0 Å². The lowest BCUT2D eigenvalue weighted by atomic mass is 10.1. The second-order valence-corrected chi connectivity index (χ2v) is 3.92. The van der Waals surface area contributed by atoms with Crippen LogP contribution in [0.25, 0.3) is 11.3 Å². The number of carbonyl (C=O) groups is 1. The number of rotatable bonds is 4. The third-order valence-corrected chi connectivity index (χ3v) is 2.63. The first-order valence-corrected chi connectivity index (χ1v) is 5.73. The Bertz CT molecular complexity index is 622. The van der Waals surface area contributed by atoms with E-state index in [1.165, 1.54) is 16.8 Å². The molecule has 0 fully saturated rings. The summed E-state index contributed by atoms with van der Waals surface area (Å²) in [6.07, 6.45) is 0. The van der Waals surface area contributed by atoms with E-state index in [2.05, 4.69) is 5.10 Å². The summed E-state index contributed by atoms with van der Waals surface area (Å²) >= 11 is 0. The molecular formula is C13H13FN2O3. The Morgan fingerprint density at radius 3 is 2.74 bits per heavy atom. The van der Waals surface area contributed by atoms with Crippen molar-refractivity contribution in [1.29, 1.82) is 0 Å². The number of benzene rings is 1. The number of ether oxygens (including phenoxy) is 1. The van der Waals surface area contributed by atoms with Gasteiger partial charge >= 0.3 is 5.97 Å². The average Bonchev–Trinajstić information content (AvgIpc) is 2.72. The number of aryl methyl sites for hydroxylation is 1. The van der Waals surface area contributed by atoms with Crippen molar-refractivity contribution in [3.05, 3.63) is 35.8 Å². The highest BCUT2D eigenvalue weighted by Crippen LogP contribution is 2.26. The lowest BCUT2D eigenvalue weighted by molar-refractivity contribution is 0.0689. The normalized spacial score (nSPS) is 10.5. The topological polar surface area (TPSA) is 64.3 Å². The minimum atomic E-state index is -1.15. The van der Waals surface area contributed by atoms with Gasteiger partial charge in [-0.2, -0.15) is 5.10 Å². The smallest absolute Gasteiger partial charge is 0.356 e. The molecule has 0 saturated carbocycles. The van der Waals surface area contributed by atoms with Gasteiger partial charge in [0.15, 0.2) is 5.69 Å². The lowest BCUT2D eigenvalue weighted by Gasteiger charge is -2.07. The van der Waals surface area contributed by atoms with Crippen LogP contribution in [0.4, 0.5) is 4.39 Å². The van der Waals surface area contributed by atoms with Gasteiger partial charge in [0.25, 0.3) is 0 Å². The first-order chi connectivity index (χ1) is 9.02. The standard InChI is InChI=1S/C13H13FN2O3/c1-3-19-8-4-5-9(10(14)6-8)12-7-11(13(17)18)15-16(12)2/h4-7H,3H2,1-2H3,(H,17,18). The summed E-state index contributed by atoms with van der Waals surface area (Å²) in [5.74, 6) is -1.19. The summed E-state index contributed by atoms with van der Waals surface area (Å²) in [7, 11) is 1.57. The van der Waals surface area contributed by atoms with Crippen molar-refractivity contribution in [2.24, 2.45) is 7.05 Å². The number of carboxylic acids is 1. The van der Waals surface area contributed by atoms with E-state index in [-0.39, 0.29) is 11.3 Å². The van der Waals surface area contributed by atoms with Crippen molar-refractivity contribution in [2.45, 2.75) is 6.92 Å². The zero-order valence-corrected chi connectivity index (χ0v) is 10.6. The first-order valence-electron chi connectivity index (χ1n) is 5.73. The Balaban J connectivity index is 2.44. The summed E-state index contributed by atoms with van der Waals surface area (Å²) in [4.78, 5) is 10.8. The zero-order valence-electron chi connectivity index (χ0n) is 10.6. The number of nitrogens with zero attached hydrogens (tertiary/aromatic N) is 2. The van der Waals surface area contributed by atoms with Crippen molar-refractivity contribution in [3.63, 3.8) is 0 Å². The Kier molecular flexibility index (Phi) is 3.50. The predicted octanol–water partition coefficient (Wildman–Crippen LogP) is 2.32. The van der Waals surface area contributed by atoms with E-state index in [4.69, 9.17) is 9.84 Å². The van der Waals surface area contributed by atoms with Crippen LogP contribution in [0.15, 0.2) is 24.3 Å². The zero-order chi connectivity index (χ0) is 14.0. The Morgan fingerprint density at radius 1 is 1.47 bits per heavy atom. The fraction of sp³-hybridized carbons (Fsp3) is 0.231. The highest BCUT2D eigenvalue weighted by Gasteiger charge is 2.15. The van der Waals surface area contributed by atoms with Gasteiger partial charge in [0.05, 0.1) is 12.3 Å². The van der Waals surface area contributed by atoms with Crippen molar-refractivity contribution in [2.75, 3.05) is 6.61 Å². The second kappa shape index (κ2) is 5.09. The lowest BCUT2D eigenvalue weighted by Crippen LogP contribution is -1.99. The number of aromatic carboxylic acids is 1. The molecule has 0 spiro atoms. The largest absolute Gasteiger partial charge is 0.494 e. The van der Waals surface area contributed by atoms with Gasteiger partial charge in [-0.3, -0.25) is 4.68 Å². The number of aromatic nitrogens is 2. The maximum atomic E-state index is 14.0. The van der Waals surface area contributed by atoms with E-state index in [1.54, 1.807) is 19.2 Å². The van der Waals surface area contributed by atoms with E-state index in [1.807, 2.05) is 6.92 Å². The van der Waals surface area contributed by atoms with Crippen LogP contribution < -0.4 is 4.74 Å². The van der Waals surface area contributed by atoms with Crippen LogP contribution in [0.1, 0.15) is 17.4 Å². The maximum absolute atomic E-state index is 14.0. The molecular weight excluding hydrogens is 251 g/mol. The molecule has 6 heteroatoms. The fourth-order valence-corrected chi connectivity index (χ4v) is 1.78. The van der Waals surface area contributed by atoms with E-state index < -0.39 is 11.8 Å². The molecule has 0 atom stereocenters. The molecule has 1 aromatic heterocycles. The van der Waals surface area contributed by atoms with Gasteiger partial charge in [0.1, 0.15) is 11.6 Å². The van der Waals surface area contributed by atoms with Crippen LogP contribution in [0.5, 0.6) is 5.75 Å². The van der Waals surface area contributed by atoms with Crippen LogP contribution in [0.3, 0.4) is 0 Å². The molecule has 0 amide bonds. The number of hydrogen-bond donors (Lipinski definition) is 1. The highest BCUT2D eigenvalue weighted by atomic mass is 19.1. The van der Waals surface area contributed by atoms with Crippen LogP contribution in [0.2, 0.25) is 0 Å². The predicted molar refractivity (Wildman–Crippen MR) is 66.7 cm³/mol. The minimum absolute atomic E-state index is 0.120. The molecule has 1 aromatic carbocycles. The molecule has 0 aliphatic carbocycles. The van der Waals surface area contributed by atoms with Crippen molar-refractivity contribution in [1.82, 2.24) is 9.78 Å². The van der Waals surface area contributed by atoms with Gasteiger partial charge in [0.2, 0.25) is 0 Å². The Labute approximate surface area is 109 Å². The summed E-state index contributed by atoms with van der Waals surface area (Å²) < 4.78 is 20.5. The van der Waals surface area contributed by atoms with Crippen LogP contribution in [-0.4, -0.2) is 27.5 Å². The van der Waals surface area contributed by atoms with Gasteiger partial charge in [-0.1, -0.05) is 0 Å². The van der Waals surface area contributed by atoms with Gasteiger partial charge in [-0.05, 0) is 25.1 Å². The Hall–Kier alpha value is -2.37. The molecule has 0 bridgehead atoms. The van der Waals surface area contributed by atoms with Gasteiger partial charge in [-0.25, -0.2) is 9.18 Å². The van der Waals surface area contributed by atoms with Crippen LogP contribution in [-0.2, 0) is 7.05 Å². The number of halogens is 1. The maximum Gasteiger partial charge on any atom is 0.356 e. The average molecular weight is 264 g/mol. The monoisotopic (exact) mass is 264 g/mol. The van der Waals surface area contributed by atoms with Gasteiger partial charge in [-0.15, -0.1) is 0 Å². The molecule has 0 saturated heterocycles. The minimum Gasteiger partial charge on any atom is -0.494 e. The summed E-state index contributed by atoms with van der Waals surface area (Å²) in [6, 6.07) is 5.78. The molecule has 1 N–H and O–H groups in total. The van der Waals surface area contributed by atoms with Gasteiger partial charge in [0, 0.05) is 18.7 Å². The summed E-state index contributed by atoms with van der Waals surface area (Å²) in [5.41, 5.74) is 0.565. The third-order valence-electron chi connectivity index (χ3n) is 2.63. The highest BCUT2D eigenvalue weighted by molar-refractivity contribution is 5.87. The summed E-state index contributed by atoms with van der Waals surface area (Å²) in [6.45, 7) is 2.26. The summed E-state index contributed by atoms with van der Waals surface area (Å²) in [5, 5.41) is 12.7. The molecule has 0 unspecified atom stereocenters. The van der Waals surface area contributed by atoms with Crippen molar-refractivity contribution < 1.29 is 19.0 Å². The van der Waals surface area contributed by atoms with Crippen LogP contribution >= 0.6 is 0 Å². The molecule has 19 heavy (non-hydrogen) atoms. The van der Waals surface area contributed by atoms with E-state index in [0.29, 0.717) is 18.1 Å². The third kappa shape index (κ3) is 2.57. The number of carboxylic acid groups (broad SMARTS) is 1. The molecule has 0 radical (unpaired) electrons. The first kappa shape index (κ1) is 13.1. The molecule has 1 heterocycles. The van der Waals surface area contributed by atoms with Crippen molar-refractivity contribution >= 4 is 5.97 Å². The molecule has 0 aliphatic heterocycles. The molecule has 2 rings (SSSR count). The van der Waals surface area contributed by atoms with E-state index >= 15 is 0 Å². The van der Waals surface area contributed by atoms with E-state index in [0.717, 1.165) is 0 Å². The van der Waals surface area contributed by atoms with E-state index in [9.17, 15) is 9.18 Å².